The summed E-state index contributed by atoms with van der Waals surface area (Å²) >= 11 is 0. The summed E-state index contributed by atoms with van der Waals surface area (Å²) in [5.41, 5.74) is 2.52. The average molecular weight is 377 g/mol. The number of benzene rings is 1. The molecule has 1 fully saturated rings. The van der Waals surface area contributed by atoms with Crippen molar-refractivity contribution in [2.24, 2.45) is 5.92 Å². The minimum atomic E-state index is -4.32. The Balaban J connectivity index is 1.47. The number of fused-ring (bicyclic) bond motifs is 2. The second-order valence-corrected chi connectivity index (χ2v) is 7.70. The number of carbonyl (C=O) groups excluding carboxylic acids is 1. The maximum absolute atomic E-state index is 13.0. The van der Waals surface area contributed by atoms with Crippen LogP contribution in [0.15, 0.2) is 36.7 Å². The lowest BCUT2D eigenvalue weighted by Crippen LogP contribution is -2.33. The quantitative estimate of drug-likeness (QED) is 0.815. The van der Waals surface area contributed by atoms with Crippen molar-refractivity contribution >= 4 is 5.91 Å². The van der Waals surface area contributed by atoms with Crippen molar-refractivity contribution in [2.45, 2.75) is 50.4 Å². The van der Waals surface area contributed by atoms with Crippen molar-refractivity contribution in [3.8, 4) is 0 Å². The Morgan fingerprint density at radius 1 is 1.37 bits per heavy atom. The predicted octanol–water partition coefficient (Wildman–Crippen LogP) is 3.70. The smallest absolute Gasteiger partial charge is 0.338 e. The van der Waals surface area contributed by atoms with Gasteiger partial charge in [-0.1, -0.05) is 24.3 Å². The van der Waals surface area contributed by atoms with Crippen molar-refractivity contribution in [1.82, 2.24) is 14.5 Å². The molecule has 2 aromatic rings. The van der Waals surface area contributed by atoms with Gasteiger partial charge in [0.15, 0.2) is 0 Å². The van der Waals surface area contributed by atoms with E-state index in [-0.39, 0.29) is 29.6 Å². The van der Waals surface area contributed by atoms with Gasteiger partial charge >= 0.3 is 6.18 Å². The van der Waals surface area contributed by atoms with Crippen LogP contribution in [0.25, 0.3) is 0 Å². The number of alkyl halides is 3. The molecule has 7 heteroatoms. The lowest BCUT2D eigenvalue weighted by Gasteiger charge is -2.27. The molecule has 1 aromatic carbocycles. The molecule has 0 bridgehead atoms. The van der Waals surface area contributed by atoms with Gasteiger partial charge in [0.05, 0.1) is 6.54 Å². The number of rotatable bonds is 4. The number of carbonyl (C=O) groups is 1. The van der Waals surface area contributed by atoms with Crippen LogP contribution in [0.1, 0.15) is 36.2 Å². The number of hydrogen-bond donors (Lipinski definition) is 0. The molecule has 4 nitrogen and oxygen atoms in total. The number of hydrogen-bond acceptors (Lipinski definition) is 2. The van der Waals surface area contributed by atoms with E-state index in [9.17, 15) is 18.0 Å². The third kappa shape index (κ3) is 3.35. The van der Waals surface area contributed by atoms with Gasteiger partial charge < -0.3 is 9.47 Å². The normalized spacial score (nSPS) is 23.9. The highest BCUT2D eigenvalue weighted by molar-refractivity contribution is 5.84. The summed E-state index contributed by atoms with van der Waals surface area (Å²) in [5.74, 6) is 0.158. The van der Waals surface area contributed by atoms with Crippen LogP contribution in [0.4, 0.5) is 13.2 Å². The summed E-state index contributed by atoms with van der Waals surface area (Å²) in [5, 5.41) is 0. The van der Waals surface area contributed by atoms with E-state index in [4.69, 9.17) is 0 Å². The first-order valence-electron chi connectivity index (χ1n) is 9.20. The lowest BCUT2D eigenvalue weighted by molar-refractivity contribution is -0.141. The van der Waals surface area contributed by atoms with Gasteiger partial charge in [-0.15, -0.1) is 0 Å². The van der Waals surface area contributed by atoms with Gasteiger partial charge in [0.2, 0.25) is 5.91 Å². The topological polar surface area (TPSA) is 38.1 Å². The minimum Gasteiger partial charge on any atom is -0.338 e. The molecular formula is C20H22F3N3O. The largest absolute Gasteiger partial charge is 0.406 e. The highest BCUT2D eigenvalue weighted by Gasteiger charge is 2.60. The Labute approximate surface area is 156 Å². The Morgan fingerprint density at radius 2 is 2.15 bits per heavy atom. The maximum Gasteiger partial charge on any atom is 0.406 e. The fraction of sp³-hybridized carbons (Fsp3) is 0.500. The number of aromatic nitrogens is 2. The van der Waals surface area contributed by atoms with Gasteiger partial charge in [-0.2, -0.15) is 13.2 Å². The summed E-state index contributed by atoms with van der Waals surface area (Å²) in [4.78, 5) is 18.5. The van der Waals surface area contributed by atoms with E-state index >= 15 is 0 Å². The first-order chi connectivity index (χ1) is 12.8. The van der Waals surface area contributed by atoms with Crippen LogP contribution in [0.3, 0.4) is 0 Å². The van der Waals surface area contributed by atoms with Gasteiger partial charge in [-0.25, -0.2) is 4.98 Å². The molecule has 2 atom stereocenters. The maximum atomic E-state index is 13.0. The number of nitrogens with zero attached hydrogens (tertiary/aromatic N) is 3. The summed E-state index contributed by atoms with van der Waals surface area (Å²) < 4.78 is 39.1. The van der Waals surface area contributed by atoms with Crippen molar-refractivity contribution < 1.29 is 18.0 Å². The van der Waals surface area contributed by atoms with Gasteiger partial charge in [-0.05, 0) is 36.8 Å². The Kier molecular flexibility index (Phi) is 4.28. The van der Waals surface area contributed by atoms with E-state index < -0.39 is 12.7 Å². The Hall–Kier alpha value is -2.31. The second-order valence-electron chi connectivity index (χ2n) is 7.70. The summed E-state index contributed by atoms with van der Waals surface area (Å²) in [6.07, 6.45) is 2.27. The molecule has 0 unspecified atom stereocenters. The number of aryl methyl sites for hydroxylation is 1. The van der Waals surface area contributed by atoms with Crippen molar-refractivity contribution in [3.63, 3.8) is 0 Å². The third-order valence-electron chi connectivity index (χ3n) is 5.90. The monoisotopic (exact) mass is 377 g/mol. The first kappa shape index (κ1) is 18.1. The Bertz CT molecular complexity index is 860. The molecule has 27 heavy (non-hydrogen) atoms. The third-order valence-corrected chi connectivity index (χ3v) is 5.90. The first-order valence-corrected chi connectivity index (χ1v) is 9.20. The molecular weight excluding hydrogens is 355 g/mol. The molecule has 0 radical (unpaired) electrons. The summed E-state index contributed by atoms with van der Waals surface area (Å²) in [7, 11) is 1.65. The van der Waals surface area contributed by atoms with Crippen LogP contribution in [0.2, 0.25) is 0 Å². The highest BCUT2D eigenvalue weighted by atomic mass is 19.4. The summed E-state index contributed by atoms with van der Waals surface area (Å²) in [6.45, 7) is -1.01. The van der Waals surface area contributed by atoms with Crippen LogP contribution in [0, 0.1) is 5.92 Å². The fourth-order valence-electron chi connectivity index (χ4n) is 4.54. The van der Waals surface area contributed by atoms with Crippen LogP contribution >= 0.6 is 0 Å². The van der Waals surface area contributed by atoms with Crippen LogP contribution < -0.4 is 0 Å². The van der Waals surface area contributed by atoms with E-state index in [1.807, 2.05) is 12.1 Å². The van der Waals surface area contributed by atoms with E-state index in [1.54, 1.807) is 7.05 Å². The average Bonchev–Trinajstić information content (AvgIpc) is 3.17. The molecule has 4 rings (SSSR count). The van der Waals surface area contributed by atoms with Crippen molar-refractivity contribution in [1.29, 1.82) is 0 Å². The van der Waals surface area contributed by atoms with Gasteiger partial charge in [0.1, 0.15) is 12.4 Å². The number of imidazole rings is 1. The van der Waals surface area contributed by atoms with Crippen LogP contribution in [-0.4, -0.2) is 33.6 Å². The molecule has 144 valence electrons. The van der Waals surface area contributed by atoms with Gasteiger partial charge in [0, 0.05) is 30.8 Å². The molecule has 0 N–H and O–H groups in total. The standard InChI is InChI=1S/C20H22F3N3O/c1-25(12-17-24-9-10-26(17)13-20(21,22)23)18(27)16-11-19(16)8-4-6-14-5-2-3-7-15(14)19/h2-3,5,7,9-10,16H,4,6,8,11-13H2,1H3/t16-,19+/m1/s1. The highest BCUT2D eigenvalue weighted by Crippen LogP contribution is 2.60. The molecule has 1 spiro atoms. The predicted molar refractivity (Wildman–Crippen MR) is 93.9 cm³/mol. The minimum absolute atomic E-state index is 0.00624. The number of halogens is 3. The Morgan fingerprint density at radius 3 is 2.93 bits per heavy atom. The zero-order valence-electron chi connectivity index (χ0n) is 15.2. The van der Waals surface area contributed by atoms with E-state index in [0.29, 0.717) is 0 Å². The molecule has 2 aliphatic rings. The zero-order chi connectivity index (χ0) is 19.2. The number of amides is 1. The van der Waals surface area contributed by atoms with E-state index in [1.165, 1.54) is 28.4 Å². The molecule has 1 heterocycles. The van der Waals surface area contributed by atoms with Crippen molar-refractivity contribution in [2.75, 3.05) is 7.05 Å². The molecule has 0 aliphatic heterocycles. The SMILES string of the molecule is CN(Cc1nccn1CC(F)(F)F)C(=O)[C@H]1C[C@]12CCCc1ccccc12. The van der Waals surface area contributed by atoms with E-state index in [0.717, 1.165) is 30.3 Å². The summed E-state index contributed by atoms with van der Waals surface area (Å²) in [6, 6.07) is 8.30. The molecule has 1 saturated carbocycles. The zero-order valence-corrected chi connectivity index (χ0v) is 15.2. The van der Waals surface area contributed by atoms with E-state index in [2.05, 4.69) is 17.1 Å². The molecule has 2 aliphatic carbocycles. The fourth-order valence-corrected chi connectivity index (χ4v) is 4.54. The van der Waals surface area contributed by atoms with Crippen LogP contribution in [-0.2, 0) is 29.7 Å². The van der Waals surface area contributed by atoms with Crippen LogP contribution in [0.5, 0.6) is 0 Å². The lowest BCUT2D eigenvalue weighted by atomic mass is 9.78. The molecule has 0 saturated heterocycles. The van der Waals surface area contributed by atoms with Gasteiger partial charge in [-0.3, -0.25) is 4.79 Å². The molecule has 1 aromatic heterocycles. The second kappa shape index (κ2) is 6.39. The van der Waals surface area contributed by atoms with Crippen molar-refractivity contribution in [3.05, 3.63) is 53.6 Å². The molecule has 1 amide bonds. The van der Waals surface area contributed by atoms with Gasteiger partial charge in [0.25, 0.3) is 0 Å².